The Balaban J connectivity index is 1.72. The maximum atomic E-state index is 4.49. The molecule has 2 aliphatic carbocycles. The van der Waals surface area contributed by atoms with Gasteiger partial charge in [0.15, 0.2) is 0 Å². The third-order valence-electron chi connectivity index (χ3n) is 4.28. The zero-order valence-corrected chi connectivity index (χ0v) is 11.3. The molecule has 1 aromatic rings. The summed E-state index contributed by atoms with van der Waals surface area (Å²) in [6.07, 6.45) is 11.9. The number of fused-ring (bicyclic) bond motifs is 1. The van der Waals surface area contributed by atoms with Gasteiger partial charge in [-0.3, -0.25) is 0 Å². The average Bonchev–Trinajstić information content (AvgIpc) is 3.13. The first-order valence-electron chi connectivity index (χ1n) is 7.47. The van der Waals surface area contributed by atoms with Gasteiger partial charge in [-0.1, -0.05) is 19.8 Å². The molecule has 0 aromatic carbocycles. The van der Waals surface area contributed by atoms with Crippen LogP contribution in [0.25, 0.3) is 0 Å². The lowest BCUT2D eigenvalue weighted by atomic mass is 10.1. The number of rotatable bonds is 4. The Morgan fingerprint density at radius 2 is 2.11 bits per heavy atom. The predicted octanol–water partition coefficient (Wildman–Crippen LogP) is 3.35. The first-order chi connectivity index (χ1) is 8.88. The number of aryl methyl sites for hydroxylation is 1. The van der Waals surface area contributed by atoms with Gasteiger partial charge in [0, 0.05) is 17.3 Å². The van der Waals surface area contributed by atoms with Crippen molar-refractivity contribution < 1.29 is 0 Å². The lowest BCUT2D eigenvalue weighted by molar-refractivity contribution is 0.691. The van der Waals surface area contributed by atoms with Crippen LogP contribution in [0.4, 0.5) is 5.82 Å². The van der Waals surface area contributed by atoms with Crippen LogP contribution in [0.3, 0.4) is 0 Å². The highest BCUT2D eigenvalue weighted by Crippen LogP contribution is 2.38. The van der Waals surface area contributed by atoms with E-state index in [1.165, 1.54) is 49.8 Å². The van der Waals surface area contributed by atoms with Crippen LogP contribution in [-0.2, 0) is 12.8 Å². The molecule has 3 rings (SSSR count). The van der Waals surface area contributed by atoms with Crippen molar-refractivity contribution in [1.82, 2.24) is 9.97 Å². The molecule has 98 valence electrons. The quantitative estimate of drug-likeness (QED) is 0.827. The Bertz CT molecular complexity index is 416. The predicted molar refractivity (Wildman–Crippen MR) is 73.7 cm³/mol. The first kappa shape index (κ1) is 11.9. The minimum absolute atomic E-state index is 0.673. The largest absolute Gasteiger partial charge is 0.367 e. The first-order valence-corrected chi connectivity index (χ1v) is 7.47. The Morgan fingerprint density at radius 1 is 1.22 bits per heavy atom. The van der Waals surface area contributed by atoms with Gasteiger partial charge in [-0.05, 0) is 44.4 Å². The van der Waals surface area contributed by atoms with Crippen molar-refractivity contribution >= 4 is 5.82 Å². The van der Waals surface area contributed by atoms with E-state index >= 15 is 0 Å². The molecule has 2 aliphatic rings. The normalized spacial score (nSPS) is 26.3. The summed E-state index contributed by atoms with van der Waals surface area (Å²) in [5, 5.41) is 3.66. The lowest BCUT2D eigenvalue weighted by Gasteiger charge is -2.12. The van der Waals surface area contributed by atoms with E-state index < -0.39 is 0 Å². The summed E-state index contributed by atoms with van der Waals surface area (Å²) in [6, 6.07) is 0.673. The SMILES string of the molecule is CCCC1CC1Nc1ncnc2c1CCCCC2. The maximum absolute atomic E-state index is 4.49. The molecule has 18 heavy (non-hydrogen) atoms. The maximum Gasteiger partial charge on any atom is 0.133 e. The summed E-state index contributed by atoms with van der Waals surface area (Å²) in [6.45, 7) is 2.27. The molecule has 0 radical (unpaired) electrons. The number of hydrogen-bond donors (Lipinski definition) is 1. The standard InChI is InChI=1S/C15H23N3/c1-2-6-11-9-14(11)18-15-12-7-4-3-5-8-13(12)16-10-17-15/h10-11,14H,2-9H2,1H3,(H,16,17,18). The molecule has 0 amide bonds. The Labute approximate surface area is 109 Å². The Kier molecular flexibility index (Phi) is 3.48. The van der Waals surface area contributed by atoms with Crippen LogP contribution in [0.2, 0.25) is 0 Å². The molecule has 0 saturated heterocycles. The van der Waals surface area contributed by atoms with E-state index in [0.29, 0.717) is 6.04 Å². The van der Waals surface area contributed by atoms with E-state index in [1.54, 1.807) is 6.33 Å². The molecule has 3 heteroatoms. The molecule has 1 heterocycles. The molecular weight excluding hydrogens is 222 g/mol. The van der Waals surface area contributed by atoms with E-state index in [2.05, 4.69) is 22.2 Å². The van der Waals surface area contributed by atoms with Gasteiger partial charge in [-0.25, -0.2) is 9.97 Å². The van der Waals surface area contributed by atoms with Gasteiger partial charge in [0.05, 0.1) is 0 Å². The number of nitrogens with zero attached hydrogens (tertiary/aromatic N) is 2. The summed E-state index contributed by atoms with van der Waals surface area (Å²) in [7, 11) is 0. The summed E-state index contributed by atoms with van der Waals surface area (Å²) in [5.41, 5.74) is 2.69. The fourth-order valence-electron chi connectivity index (χ4n) is 3.11. The van der Waals surface area contributed by atoms with Crippen molar-refractivity contribution in [2.24, 2.45) is 5.92 Å². The topological polar surface area (TPSA) is 37.8 Å². The highest BCUT2D eigenvalue weighted by Gasteiger charge is 2.36. The molecule has 2 unspecified atom stereocenters. The summed E-state index contributed by atoms with van der Waals surface area (Å²) in [5.74, 6) is 2.01. The molecule has 2 atom stereocenters. The summed E-state index contributed by atoms with van der Waals surface area (Å²) < 4.78 is 0. The van der Waals surface area contributed by atoms with E-state index in [0.717, 1.165) is 24.6 Å². The van der Waals surface area contributed by atoms with Crippen LogP contribution in [0.15, 0.2) is 6.33 Å². The Morgan fingerprint density at radius 3 is 3.00 bits per heavy atom. The smallest absolute Gasteiger partial charge is 0.133 e. The fourth-order valence-corrected chi connectivity index (χ4v) is 3.11. The molecule has 0 spiro atoms. The molecule has 1 N–H and O–H groups in total. The van der Waals surface area contributed by atoms with Crippen molar-refractivity contribution in [2.75, 3.05) is 5.32 Å². The van der Waals surface area contributed by atoms with E-state index in [4.69, 9.17) is 0 Å². The number of hydrogen-bond acceptors (Lipinski definition) is 3. The van der Waals surface area contributed by atoms with Crippen molar-refractivity contribution in [2.45, 2.75) is 64.3 Å². The molecule has 0 aliphatic heterocycles. The third kappa shape index (κ3) is 2.50. The van der Waals surface area contributed by atoms with Crippen LogP contribution in [0.5, 0.6) is 0 Å². The summed E-state index contributed by atoms with van der Waals surface area (Å²) in [4.78, 5) is 8.96. The molecule has 1 aromatic heterocycles. The second-order valence-corrected chi connectivity index (χ2v) is 5.74. The van der Waals surface area contributed by atoms with E-state index in [9.17, 15) is 0 Å². The molecule has 0 bridgehead atoms. The zero-order valence-electron chi connectivity index (χ0n) is 11.3. The molecular formula is C15H23N3. The van der Waals surface area contributed by atoms with Gasteiger partial charge >= 0.3 is 0 Å². The van der Waals surface area contributed by atoms with E-state index in [-0.39, 0.29) is 0 Å². The van der Waals surface area contributed by atoms with Crippen LogP contribution in [0, 0.1) is 5.92 Å². The van der Waals surface area contributed by atoms with Crippen LogP contribution >= 0.6 is 0 Å². The monoisotopic (exact) mass is 245 g/mol. The molecule has 1 fully saturated rings. The second kappa shape index (κ2) is 5.25. The minimum atomic E-state index is 0.673. The van der Waals surface area contributed by atoms with Gasteiger partial charge in [-0.15, -0.1) is 0 Å². The van der Waals surface area contributed by atoms with Gasteiger partial charge in [0.2, 0.25) is 0 Å². The Hall–Kier alpha value is -1.12. The average molecular weight is 245 g/mol. The van der Waals surface area contributed by atoms with Crippen LogP contribution in [0.1, 0.15) is 56.7 Å². The number of aromatic nitrogens is 2. The summed E-state index contributed by atoms with van der Waals surface area (Å²) >= 11 is 0. The fraction of sp³-hybridized carbons (Fsp3) is 0.733. The van der Waals surface area contributed by atoms with Gasteiger partial charge in [0.25, 0.3) is 0 Å². The van der Waals surface area contributed by atoms with Gasteiger partial charge < -0.3 is 5.32 Å². The van der Waals surface area contributed by atoms with Crippen LogP contribution in [-0.4, -0.2) is 16.0 Å². The molecule has 1 saturated carbocycles. The molecule has 3 nitrogen and oxygen atoms in total. The minimum Gasteiger partial charge on any atom is -0.367 e. The second-order valence-electron chi connectivity index (χ2n) is 5.74. The number of anilines is 1. The number of nitrogens with one attached hydrogen (secondary N) is 1. The van der Waals surface area contributed by atoms with Gasteiger partial charge in [-0.2, -0.15) is 0 Å². The highest BCUT2D eigenvalue weighted by molar-refractivity contribution is 5.48. The van der Waals surface area contributed by atoms with Crippen molar-refractivity contribution in [1.29, 1.82) is 0 Å². The zero-order chi connectivity index (χ0) is 12.4. The van der Waals surface area contributed by atoms with E-state index in [1.807, 2.05) is 0 Å². The highest BCUT2D eigenvalue weighted by atomic mass is 15.1. The lowest BCUT2D eigenvalue weighted by Crippen LogP contribution is -2.11. The van der Waals surface area contributed by atoms with Crippen molar-refractivity contribution in [3.63, 3.8) is 0 Å². The van der Waals surface area contributed by atoms with Gasteiger partial charge in [0.1, 0.15) is 12.1 Å². The third-order valence-corrected chi connectivity index (χ3v) is 4.28. The van der Waals surface area contributed by atoms with Crippen LogP contribution < -0.4 is 5.32 Å². The van der Waals surface area contributed by atoms with Crippen molar-refractivity contribution in [3.05, 3.63) is 17.6 Å². The van der Waals surface area contributed by atoms with Crippen molar-refractivity contribution in [3.8, 4) is 0 Å².